The van der Waals surface area contributed by atoms with E-state index in [-0.39, 0.29) is 19.0 Å². The van der Waals surface area contributed by atoms with E-state index in [1.165, 1.54) is 17.7 Å². The molecule has 0 saturated carbocycles. The largest absolute Gasteiger partial charge is 0.465 e. The third kappa shape index (κ3) is 7.76. The monoisotopic (exact) mass is 521 g/mol. The summed E-state index contributed by atoms with van der Waals surface area (Å²) in [6.07, 6.45) is 5.91. The maximum absolute atomic E-state index is 13.6. The van der Waals surface area contributed by atoms with Crippen LogP contribution in [-0.4, -0.2) is 40.9 Å². The molecular weight excluding hydrogens is 489 g/mol. The third-order valence-corrected chi connectivity index (χ3v) is 6.94. The van der Waals surface area contributed by atoms with Crippen LogP contribution in [0.4, 0.5) is 0 Å². The van der Waals surface area contributed by atoms with Crippen LogP contribution in [0.5, 0.6) is 5.75 Å². The van der Waals surface area contributed by atoms with Crippen LogP contribution < -0.4 is 20.9 Å². The average Bonchev–Trinajstić information content (AvgIpc) is 3.32. The second-order valence-electron chi connectivity index (χ2n) is 8.35. The van der Waals surface area contributed by atoms with Gasteiger partial charge in [0.15, 0.2) is 6.23 Å². The highest BCUT2D eigenvalue weighted by Crippen LogP contribution is 2.45. The van der Waals surface area contributed by atoms with Gasteiger partial charge in [-0.15, -0.1) is 0 Å². The summed E-state index contributed by atoms with van der Waals surface area (Å²) < 4.78 is 37.1. The lowest BCUT2D eigenvalue weighted by Crippen LogP contribution is -2.36. The Morgan fingerprint density at radius 2 is 1.97 bits per heavy atom. The van der Waals surface area contributed by atoms with Crippen LogP contribution in [0.3, 0.4) is 0 Å². The van der Waals surface area contributed by atoms with Crippen LogP contribution in [0.25, 0.3) is 0 Å². The number of aromatic nitrogens is 2. The Morgan fingerprint density at radius 1 is 1.22 bits per heavy atom. The molecule has 0 bridgehead atoms. The molecule has 0 fully saturated rings. The van der Waals surface area contributed by atoms with Gasteiger partial charge in [-0.2, -0.15) is 5.09 Å². The van der Waals surface area contributed by atoms with Crippen molar-refractivity contribution in [1.82, 2.24) is 14.6 Å². The van der Waals surface area contributed by atoms with Gasteiger partial charge >= 0.3 is 19.4 Å². The molecule has 1 aliphatic rings. The lowest BCUT2D eigenvalue weighted by Gasteiger charge is -2.24. The lowest BCUT2D eigenvalue weighted by molar-refractivity contribution is -0.145. The molecule has 1 aromatic heterocycles. The molecule has 1 aromatic carbocycles. The molecule has 36 heavy (non-hydrogen) atoms. The van der Waals surface area contributed by atoms with E-state index in [0.717, 1.165) is 19.3 Å². The van der Waals surface area contributed by atoms with Crippen molar-refractivity contribution in [2.45, 2.75) is 58.4 Å². The molecule has 11 nitrogen and oxygen atoms in total. The van der Waals surface area contributed by atoms with Crippen LogP contribution in [0.15, 0.2) is 58.3 Å². The number of para-hydroxylation sites is 1. The molecule has 0 aliphatic carbocycles. The fraction of sp³-hybridized carbons (Fsp3) is 0.458. The van der Waals surface area contributed by atoms with Crippen molar-refractivity contribution < 1.29 is 27.9 Å². The highest BCUT2D eigenvalue weighted by atomic mass is 31.2. The zero-order valence-corrected chi connectivity index (χ0v) is 21.4. The van der Waals surface area contributed by atoms with E-state index < -0.39 is 43.3 Å². The summed E-state index contributed by atoms with van der Waals surface area (Å²) in [7, 11) is -4.04. The Kier molecular flexibility index (Phi) is 9.83. The van der Waals surface area contributed by atoms with Gasteiger partial charge in [-0.25, -0.2) is 9.36 Å². The minimum Gasteiger partial charge on any atom is -0.465 e. The first-order valence-electron chi connectivity index (χ1n) is 11.8. The standard InChI is InChI=1S/C24H32N3O8P/c1-4-5-9-14-32-23(29)18(3)26-36(31,35-19-10-7-6-8-11-19)33-16-20-12-13-21(34-20)27-15-17(2)22(28)25-24(27)30/h6-8,10-13,15,18,20-21H,4-5,9,14,16H2,1-3H3,(H,26,31)(H,25,28,30)/t18-,20-,21+,36?/m0/s1. The average molecular weight is 522 g/mol. The highest BCUT2D eigenvalue weighted by Gasteiger charge is 2.34. The first kappa shape index (κ1) is 27.6. The van der Waals surface area contributed by atoms with Gasteiger partial charge in [0.1, 0.15) is 17.9 Å². The van der Waals surface area contributed by atoms with Crippen LogP contribution >= 0.6 is 7.75 Å². The molecule has 3 rings (SSSR count). The van der Waals surface area contributed by atoms with Gasteiger partial charge in [0, 0.05) is 11.8 Å². The van der Waals surface area contributed by atoms with E-state index in [2.05, 4.69) is 10.1 Å². The zero-order valence-electron chi connectivity index (χ0n) is 20.5. The summed E-state index contributed by atoms with van der Waals surface area (Å²) in [5.41, 5.74) is -0.735. The van der Waals surface area contributed by atoms with E-state index >= 15 is 0 Å². The Labute approximate surface area is 209 Å². The van der Waals surface area contributed by atoms with Gasteiger partial charge in [0.25, 0.3) is 5.56 Å². The Bertz CT molecular complexity index is 1210. The molecule has 2 heterocycles. The maximum Gasteiger partial charge on any atom is 0.459 e. The Balaban J connectivity index is 1.65. The van der Waals surface area contributed by atoms with Gasteiger partial charge < -0.3 is 14.0 Å². The van der Waals surface area contributed by atoms with E-state index in [1.807, 2.05) is 6.92 Å². The summed E-state index contributed by atoms with van der Waals surface area (Å²) >= 11 is 0. The summed E-state index contributed by atoms with van der Waals surface area (Å²) in [6.45, 7) is 5.22. The smallest absolute Gasteiger partial charge is 0.459 e. The van der Waals surface area contributed by atoms with E-state index in [0.29, 0.717) is 5.56 Å². The number of hydrogen-bond acceptors (Lipinski definition) is 8. The lowest BCUT2D eigenvalue weighted by atomic mass is 10.3. The molecule has 1 unspecified atom stereocenters. The highest BCUT2D eigenvalue weighted by molar-refractivity contribution is 7.52. The van der Waals surface area contributed by atoms with E-state index in [9.17, 15) is 18.9 Å². The summed E-state index contributed by atoms with van der Waals surface area (Å²) in [6, 6.07) is 7.46. The van der Waals surface area contributed by atoms with Crippen LogP contribution in [-0.2, 0) is 23.4 Å². The van der Waals surface area contributed by atoms with Crippen LogP contribution in [0.1, 0.15) is 44.9 Å². The molecular formula is C24H32N3O8P. The third-order valence-electron chi connectivity index (χ3n) is 5.30. The zero-order chi connectivity index (χ0) is 26.1. The van der Waals surface area contributed by atoms with Gasteiger partial charge in [0.05, 0.1) is 13.2 Å². The van der Waals surface area contributed by atoms with Crippen molar-refractivity contribution in [1.29, 1.82) is 0 Å². The van der Waals surface area contributed by atoms with Gasteiger partial charge in [-0.3, -0.25) is 23.7 Å². The maximum atomic E-state index is 13.6. The summed E-state index contributed by atoms with van der Waals surface area (Å²) in [5.74, 6) is -0.288. The number of H-pyrrole nitrogens is 1. The van der Waals surface area contributed by atoms with Gasteiger partial charge in [-0.05, 0) is 38.5 Å². The number of aryl methyl sites for hydroxylation is 1. The van der Waals surface area contributed by atoms with Gasteiger partial charge in [-0.1, -0.05) is 44.0 Å². The van der Waals surface area contributed by atoms with Crippen molar-refractivity contribution in [3.05, 3.63) is 75.1 Å². The number of hydrogen-bond donors (Lipinski definition) is 2. The van der Waals surface area contributed by atoms with Crippen molar-refractivity contribution in [3.8, 4) is 5.75 Å². The van der Waals surface area contributed by atoms with E-state index in [1.54, 1.807) is 49.4 Å². The van der Waals surface area contributed by atoms with Crippen molar-refractivity contribution in [3.63, 3.8) is 0 Å². The number of carbonyl (C=O) groups excluding carboxylic acids is 1. The SMILES string of the molecule is CCCCCOC(=O)[C@H](C)NP(=O)(OC[C@@H]1C=C[C@H](n2cc(C)c(=O)[nH]c2=O)O1)Oc1ccccc1. The van der Waals surface area contributed by atoms with Gasteiger partial charge in [0.2, 0.25) is 0 Å². The van der Waals surface area contributed by atoms with Crippen molar-refractivity contribution in [2.75, 3.05) is 13.2 Å². The first-order chi connectivity index (χ1) is 17.2. The number of aromatic amines is 1. The quantitative estimate of drug-likeness (QED) is 0.176. The molecule has 4 atom stereocenters. The minimum absolute atomic E-state index is 0.195. The number of nitrogens with zero attached hydrogens (tertiary/aromatic N) is 1. The first-order valence-corrected chi connectivity index (χ1v) is 13.3. The topological polar surface area (TPSA) is 138 Å². The number of unbranched alkanes of at least 4 members (excludes halogenated alkanes) is 2. The summed E-state index contributed by atoms with van der Waals surface area (Å²) in [4.78, 5) is 38.4. The predicted molar refractivity (Wildman–Crippen MR) is 133 cm³/mol. The molecule has 0 radical (unpaired) electrons. The fourth-order valence-electron chi connectivity index (χ4n) is 3.34. The minimum atomic E-state index is -4.04. The fourth-order valence-corrected chi connectivity index (χ4v) is 4.84. The molecule has 12 heteroatoms. The number of ether oxygens (including phenoxy) is 2. The second-order valence-corrected chi connectivity index (χ2v) is 10.0. The van der Waals surface area contributed by atoms with Crippen molar-refractivity contribution >= 4 is 13.7 Å². The molecule has 2 aromatic rings. The molecule has 196 valence electrons. The molecule has 2 N–H and O–H groups in total. The molecule has 1 aliphatic heterocycles. The number of nitrogens with one attached hydrogen (secondary N) is 2. The molecule has 0 amide bonds. The number of esters is 1. The molecule has 0 spiro atoms. The van der Waals surface area contributed by atoms with Crippen molar-refractivity contribution in [2.24, 2.45) is 0 Å². The molecule has 0 saturated heterocycles. The van der Waals surface area contributed by atoms with E-state index in [4.69, 9.17) is 18.5 Å². The van der Waals surface area contributed by atoms with Crippen LogP contribution in [0, 0.1) is 6.92 Å². The predicted octanol–water partition coefficient (Wildman–Crippen LogP) is 3.21. The number of benzene rings is 1. The van der Waals surface area contributed by atoms with Crippen LogP contribution in [0.2, 0.25) is 0 Å². The number of carbonyl (C=O) groups is 1. The summed E-state index contributed by atoms with van der Waals surface area (Å²) in [5, 5.41) is 2.63. The number of rotatable bonds is 13. The Hall–Kier alpha value is -2.98. The Morgan fingerprint density at radius 3 is 2.69 bits per heavy atom. The second kappa shape index (κ2) is 12.8. The normalized spacial score (nSPS) is 19.5.